The molecule has 0 aliphatic carbocycles. The molecule has 2 heterocycles. The van der Waals surface area contributed by atoms with Gasteiger partial charge in [-0.15, -0.1) is 0 Å². The normalized spacial score (nSPS) is 23.4. The number of halogens is 1. The van der Waals surface area contributed by atoms with Crippen LogP contribution in [0.2, 0.25) is 0 Å². The first kappa shape index (κ1) is 55.2. The van der Waals surface area contributed by atoms with Gasteiger partial charge in [0.1, 0.15) is 36.6 Å². The molecule has 0 aromatic heterocycles. The molecule has 16 heteroatoms. The van der Waals surface area contributed by atoms with Crippen LogP contribution in [-0.2, 0) is 82.5 Å². The second-order valence-electron chi connectivity index (χ2n) is 18.3. The first-order chi connectivity index (χ1) is 36.7. The summed E-state index contributed by atoms with van der Waals surface area (Å²) in [5, 5.41) is 0. The highest BCUT2D eigenvalue weighted by molar-refractivity contribution is 9.09. The van der Waals surface area contributed by atoms with Crippen molar-refractivity contribution in [2.45, 2.75) is 99.3 Å². The van der Waals surface area contributed by atoms with Crippen LogP contribution in [0.15, 0.2) is 182 Å². The minimum atomic E-state index is -2.42. The van der Waals surface area contributed by atoms with Gasteiger partial charge >= 0.3 is 29.8 Å². The lowest BCUT2D eigenvalue weighted by Crippen LogP contribution is -2.64. The molecular weight excluding hydrogens is 1040 g/mol. The summed E-state index contributed by atoms with van der Waals surface area (Å²) in [5.74, 6) is -6.24. The maximum Gasteiger partial charge on any atom is 0.303 e. The fourth-order valence-electron chi connectivity index (χ4n) is 9.96. The minimum absolute atomic E-state index is 0.367. The Labute approximate surface area is 449 Å². The zero-order chi connectivity index (χ0) is 53.9. The van der Waals surface area contributed by atoms with Gasteiger partial charge in [0.05, 0.1) is 11.4 Å². The Bertz CT molecular complexity index is 2680. The molecule has 9 atom stereocenters. The van der Waals surface area contributed by atoms with E-state index in [9.17, 15) is 24.0 Å². The Kier molecular flexibility index (Phi) is 18.0. The van der Waals surface area contributed by atoms with Crippen LogP contribution >= 0.6 is 15.9 Å². The molecule has 0 bridgehead atoms. The van der Waals surface area contributed by atoms with Crippen LogP contribution in [0.5, 0.6) is 0 Å². The number of carbonyl (C=O) groups excluding carboxylic acids is 5. The number of hydrogen-bond acceptors (Lipinski definition) is 15. The second-order valence-corrected chi connectivity index (χ2v) is 19.3. The summed E-state index contributed by atoms with van der Waals surface area (Å²) in [6.07, 6.45) is -10.4. The van der Waals surface area contributed by atoms with Gasteiger partial charge < -0.3 is 47.4 Å². The van der Waals surface area contributed by atoms with Crippen molar-refractivity contribution in [3.05, 3.63) is 215 Å². The van der Waals surface area contributed by atoms with E-state index in [0.29, 0.717) is 16.7 Å². The number of rotatable bonds is 20. The molecule has 0 spiro atoms. The van der Waals surface area contributed by atoms with Crippen molar-refractivity contribution in [1.82, 2.24) is 0 Å². The van der Waals surface area contributed by atoms with Crippen molar-refractivity contribution in [1.29, 1.82) is 0 Å². The summed E-state index contributed by atoms with van der Waals surface area (Å²) < 4.78 is 65.5. The summed E-state index contributed by atoms with van der Waals surface area (Å²) >= 11 is 3.57. The Hall–Kier alpha value is -7.05. The first-order valence-electron chi connectivity index (χ1n) is 24.8. The second kappa shape index (κ2) is 24.7. The SMILES string of the molecule is CC(=O)OC[C@H]1O[C@H](O[C@]2(COC(c3ccccc3)(c3ccccc3)c3ccccc3)O[C@H](COC(c3ccccc3)(c3ccccc3)c3ccccc3)[C@@H](OC(C)=O)[C@@H]2OC(C)=O)[C@H](OC(C)=O)[C@@H](OC(C)=O)[C@@H]1Br. The van der Waals surface area contributed by atoms with E-state index in [4.69, 9.17) is 47.4 Å². The van der Waals surface area contributed by atoms with Crippen LogP contribution in [-0.4, -0.2) is 103 Å². The number of benzene rings is 6. The Morgan fingerprint density at radius 1 is 0.447 bits per heavy atom. The zero-order valence-corrected chi connectivity index (χ0v) is 44.1. The smallest absolute Gasteiger partial charge is 0.303 e. The van der Waals surface area contributed by atoms with Crippen LogP contribution in [0.3, 0.4) is 0 Å². The molecular formula is C60H59BrO15. The van der Waals surface area contributed by atoms with Crippen LogP contribution < -0.4 is 0 Å². The summed E-state index contributed by atoms with van der Waals surface area (Å²) in [6.45, 7) is 4.50. The lowest BCUT2D eigenvalue weighted by Gasteiger charge is -2.47. The van der Waals surface area contributed by atoms with Crippen LogP contribution in [0.25, 0.3) is 0 Å². The maximum atomic E-state index is 13.7. The first-order valence-corrected chi connectivity index (χ1v) is 25.7. The number of esters is 5. The molecule has 6 aromatic carbocycles. The molecule has 8 rings (SSSR count). The van der Waals surface area contributed by atoms with Gasteiger partial charge in [-0.1, -0.05) is 198 Å². The van der Waals surface area contributed by atoms with Crippen LogP contribution in [0.4, 0.5) is 0 Å². The minimum Gasteiger partial charge on any atom is -0.463 e. The van der Waals surface area contributed by atoms with E-state index in [-0.39, 0.29) is 13.2 Å². The standard InChI is InChI=1S/C60H59BrO15/c1-39(62)67-36-50-52(61)54(71-41(3)64)55(72-42(4)65)57(74-50)76-58(38-69-60(47-30-18-9-19-31-47,48-32-20-10-21-33-48)49-34-22-11-23-35-49)56(73-43(5)66)53(70-40(2)63)51(75-58)37-68-59(44-24-12-6-13-25-44,45-26-14-7-15-27-45)46-28-16-8-17-29-46/h6-35,50-57H,36-38H2,1-5H3/t50-,51-,52-,53-,54+,55-,56+,57-,58+/m1/s1. The monoisotopic (exact) mass is 1100 g/mol. The molecule has 15 nitrogen and oxygen atoms in total. The summed E-state index contributed by atoms with van der Waals surface area (Å²) in [4.78, 5) is 64.6. The van der Waals surface area contributed by atoms with E-state index in [0.717, 1.165) is 23.6 Å². The number of hydrogen-bond donors (Lipinski definition) is 0. The van der Waals surface area contributed by atoms with E-state index in [2.05, 4.69) is 15.9 Å². The molecule has 2 aliphatic rings. The molecule has 0 unspecified atom stereocenters. The molecule has 396 valence electrons. The van der Waals surface area contributed by atoms with Gasteiger partial charge in [0.15, 0.2) is 24.4 Å². The molecule has 2 fully saturated rings. The molecule has 2 saturated heterocycles. The number of carbonyl (C=O) groups is 5. The van der Waals surface area contributed by atoms with Crippen molar-refractivity contribution in [3.63, 3.8) is 0 Å². The molecule has 6 aromatic rings. The van der Waals surface area contributed by atoms with Gasteiger partial charge in [-0.3, -0.25) is 24.0 Å². The van der Waals surface area contributed by atoms with Crippen LogP contribution in [0.1, 0.15) is 68.0 Å². The van der Waals surface area contributed by atoms with Crippen molar-refractivity contribution in [2.75, 3.05) is 19.8 Å². The van der Waals surface area contributed by atoms with E-state index >= 15 is 0 Å². The van der Waals surface area contributed by atoms with Gasteiger partial charge in [0.25, 0.3) is 0 Å². The van der Waals surface area contributed by atoms with Gasteiger partial charge in [-0.25, -0.2) is 0 Å². The molecule has 0 N–H and O–H groups in total. The van der Waals surface area contributed by atoms with Gasteiger partial charge in [0, 0.05) is 34.6 Å². The predicted octanol–water partition coefficient (Wildman–Crippen LogP) is 8.89. The highest BCUT2D eigenvalue weighted by atomic mass is 79.9. The quantitative estimate of drug-likeness (QED) is 0.0306. The van der Waals surface area contributed by atoms with Crippen molar-refractivity contribution in [2.24, 2.45) is 0 Å². The highest BCUT2D eigenvalue weighted by Gasteiger charge is 2.65. The van der Waals surface area contributed by atoms with Crippen molar-refractivity contribution >= 4 is 45.8 Å². The Balaban J connectivity index is 1.35. The third-order valence-electron chi connectivity index (χ3n) is 13.0. The molecule has 76 heavy (non-hydrogen) atoms. The predicted molar refractivity (Wildman–Crippen MR) is 279 cm³/mol. The fourth-order valence-corrected chi connectivity index (χ4v) is 10.6. The summed E-state index contributed by atoms with van der Waals surface area (Å²) in [7, 11) is 0. The summed E-state index contributed by atoms with van der Waals surface area (Å²) in [6, 6.07) is 57.0. The average molecular weight is 1100 g/mol. The topological polar surface area (TPSA) is 178 Å². The largest absolute Gasteiger partial charge is 0.463 e. The average Bonchev–Trinajstić information content (AvgIpc) is 3.82. The van der Waals surface area contributed by atoms with E-state index in [1.54, 1.807) is 0 Å². The maximum absolute atomic E-state index is 13.7. The van der Waals surface area contributed by atoms with E-state index in [1.165, 1.54) is 27.7 Å². The van der Waals surface area contributed by atoms with Crippen LogP contribution in [0, 0.1) is 0 Å². The van der Waals surface area contributed by atoms with E-state index in [1.807, 2.05) is 182 Å². The third kappa shape index (κ3) is 12.1. The lowest BCUT2D eigenvalue weighted by molar-refractivity contribution is -0.378. The van der Waals surface area contributed by atoms with E-state index < -0.39 is 101 Å². The van der Waals surface area contributed by atoms with Gasteiger partial charge in [-0.05, 0) is 33.4 Å². The molecule has 0 amide bonds. The zero-order valence-electron chi connectivity index (χ0n) is 42.6. The highest BCUT2D eigenvalue weighted by Crippen LogP contribution is 2.48. The Morgan fingerprint density at radius 3 is 1.17 bits per heavy atom. The third-order valence-corrected chi connectivity index (χ3v) is 14.1. The molecule has 0 saturated carbocycles. The summed E-state index contributed by atoms with van der Waals surface area (Å²) in [5.41, 5.74) is 1.42. The molecule has 2 aliphatic heterocycles. The number of alkyl halides is 1. The lowest BCUT2D eigenvalue weighted by atomic mass is 9.80. The van der Waals surface area contributed by atoms with Crippen molar-refractivity contribution in [3.8, 4) is 0 Å². The fraction of sp³-hybridized carbons (Fsp3) is 0.317. The van der Waals surface area contributed by atoms with Gasteiger partial charge in [0.2, 0.25) is 12.1 Å². The number of ether oxygens (including phenoxy) is 10. The van der Waals surface area contributed by atoms with Crippen molar-refractivity contribution < 1.29 is 71.3 Å². The Morgan fingerprint density at radius 2 is 0.803 bits per heavy atom. The molecule has 0 radical (unpaired) electrons. The van der Waals surface area contributed by atoms with Gasteiger partial charge in [-0.2, -0.15) is 0 Å².